The summed E-state index contributed by atoms with van der Waals surface area (Å²) >= 11 is 0. The minimum Gasteiger partial charge on any atom is -0.478 e. The lowest BCUT2D eigenvalue weighted by atomic mass is 10.2. The first-order chi connectivity index (χ1) is 8.43. The lowest BCUT2D eigenvalue weighted by Gasteiger charge is -2.13. The number of carbonyl (C=O) groups excluding carboxylic acids is 1. The van der Waals surface area contributed by atoms with E-state index in [0.29, 0.717) is 31.0 Å². The van der Waals surface area contributed by atoms with E-state index in [2.05, 4.69) is 5.32 Å². The maximum atomic E-state index is 11.1. The highest BCUT2D eigenvalue weighted by atomic mass is 16.4. The molecule has 0 saturated heterocycles. The van der Waals surface area contributed by atoms with Crippen molar-refractivity contribution in [1.82, 2.24) is 10.2 Å². The highest BCUT2D eigenvalue weighted by Gasteiger charge is 2.14. The number of carboxylic acids is 1. The van der Waals surface area contributed by atoms with Crippen LogP contribution in [0.1, 0.15) is 28.3 Å². The molecule has 18 heavy (non-hydrogen) atoms. The van der Waals surface area contributed by atoms with Crippen LogP contribution in [0.2, 0.25) is 0 Å². The average Bonchev–Trinajstić information content (AvgIpc) is 2.67. The van der Waals surface area contributed by atoms with Gasteiger partial charge in [0, 0.05) is 20.0 Å². The molecule has 6 nitrogen and oxygen atoms in total. The quantitative estimate of drug-likeness (QED) is 0.786. The van der Waals surface area contributed by atoms with E-state index in [4.69, 9.17) is 9.52 Å². The minimum absolute atomic E-state index is 0.0244. The van der Waals surface area contributed by atoms with Crippen LogP contribution < -0.4 is 5.32 Å². The first kappa shape index (κ1) is 14.2. The molecule has 0 spiro atoms. The summed E-state index contributed by atoms with van der Waals surface area (Å²) in [5.41, 5.74) is 0.185. The van der Waals surface area contributed by atoms with Crippen LogP contribution in [0.4, 0.5) is 0 Å². The van der Waals surface area contributed by atoms with E-state index in [0.717, 1.165) is 0 Å². The van der Waals surface area contributed by atoms with Gasteiger partial charge in [0.1, 0.15) is 17.1 Å². The van der Waals surface area contributed by atoms with E-state index >= 15 is 0 Å². The Morgan fingerprint density at radius 3 is 2.67 bits per heavy atom. The van der Waals surface area contributed by atoms with Gasteiger partial charge in [-0.1, -0.05) is 0 Å². The van der Waals surface area contributed by atoms with Gasteiger partial charge < -0.3 is 14.8 Å². The van der Waals surface area contributed by atoms with Gasteiger partial charge in [-0.25, -0.2) is 4.79 Å². The van der Waals surface area contributed by atoms with Crippen molar-refractivity contribution in [3.63, 3.8) is 0 Å². The van der Waals surface area contributed by atoms with Crippen molar-refractivity contribution < 1.29 is 19.1 Å². The van der Waals surface area contributed by atoms with Crippen molar-refractivity contribution in [2.24, 2.45) is 0 Å². The molecule has 100 valence electrons. The number of nitrogens with one attached hydrogen (secondary N) is 1. The summed E-state index contributed by atoms with van der Waals surface area (Å²) in [6, 6.07) is 1.52. The Balaban J connectivity index is 2.54. The zero-order valence-corrected chi connectivity index (χ0v) is 10.8. The van der Waals surface area contributed by atoms with Crippen molar-refractivity contribution in [1.29, 1.82) is 0 Å². The van der Waals surface area contributed by atoms with Gasteiger partial charge in [0.05, 0.1) is 6.54 Å². The van der Waals surface area contributed by atoms with E-state index in [9.17, 15) is 9.59 Å². The zero-order chi connectivity index (χ0) is 13.7. The summed E-state index contributed by atoms with van der Waals surface area (Å²) in [7, 11) is 3.44. The Hall–Kier alpha value is -1.82. The largest absolute Gasteiger partial charge is 0.478 e. The summed E-state index contributed by atoms with van der Waals surface area (Å²) < 4.78 is 5.36. The van der Waals surface area contributed by atoms with E-state index in [-0.39, 0.29) is 11.5 Å². The SMILES string of the molecule is CNC(=O)CCN(C)Cc1cc(C(=O)O)c(C)o1. The molecule has 0 saturated carbocycles. The second kappa shape index (κ2) is 6.20. The third-order valence-electron chi connectivity index (χ3n) is 2.62. The molecule has 1 aromatic heterocycles. The highest BCUT2D eigenvalue weighted by molar-refractivity contribution is 5.88. The van der Waals surface area contributed by atoms with Crippen LogP contribution in [0.3, 0.4) is 0 Å². The number of carbonyl (C=O) groups is 2. The van der Waals surface area contributed by atoms with Crippen LogP contribution >= 0.6 is 0 Å². The Labute approximate surface area is 106 Å². The predicted molar refractivity (Wildman–Crippen MR) is 65.4 cm³/mol. The summed E-state index contributed by atoms with van der Waals surface area (Å²) in [4.78, 5) is 23.8. The molecule has 0 aliphatic carbocycles. The molecule has 0 radical (unpaired) electrons. The summed E-state index contributed by atoms with van der Waals surface area (Å²) in [6.07, 6.45) is 0.401. The molecule has 0 unspecified atom stereocenters. The van der Waals surface area contributed by atoms with E-state index in [1.165, 1.54) is 6.07 Å². The number of carboxylic acid groups (broad SMARTS) is 1. The van der Waals surface area contributed by atoms with E-state index in [1.807, 2.05) is 11.9 Å². The van der Waals surface area contributed by atoms with Crippen LogP contribution in [0.5, 0.6) is 0 Å². The third kappa shape index (κ3) is 3.89. The van der Waals surface area contributed by atoms with Gasteiger partial charge in [0.25, 0.3) is 0 Å². The Morgan fingerprint density at radius 2 is 2.17 bits per heavy atom. The average molecular weight is 254 g/mol. The van der Waals surface area contributed by atoms with Crippen molar-refractivity contribution in [3.8, 4) is 0 Å². The number of hydrogen-bond donors (Lipinski definition) is 2. The molecule has 0 bridgehead atoms. The fourth-order valence-corrected chi connectivity index (χ4v) is 1.60. The fourth-order valence-electron chi connectivity index (χ4n) is 1.60. The Kier molecular flexibility index (Phi) is 4.91. The van der Waals surface area contributed by atoms with Crippen LogP contribution in [-0.4, -0.2) is 42.5 Å². The summed E-state index contributed by atoms with van der Waals surface area (Å²) in [5.74, 6) is -0.0271. The fraction of sp³-hybridized carbons (Fsp3) is 0.500. The summed E-state index contributed by atoms with van der Waals surface area (Å²) in [5, 5.41) is 11.4. The Morgan fingerprint density at radius 1 is 1.50 bits per heavy atom. The van der Waals surface area contributed by atoms with Crippen molar-refractivity contribution in [3.05, 3.63) is 23.2 Å². The van der Waals surface area contributed by atoms with Crippen LogP contribution in [0.15, 0.2) is 10.5 Å². The molecule has 0 fully saturated rings. The van der Waals surface area contributed by atoms with Gasteiger partial charge in [-0.3, -0.25) is 9.69 Å². The lowest BCUT2D eigenvalue weighted by molar-refractivity contribution is -0.120. The number of amides is 1. The smallest absolute Gasteiger partial charge is 0.339 e. The van der Waals surface area contributed by atoms with Crippen LogP contribution in [0, 0.1) is 6.92 Å². The number of furan rings is 1. The molecule has 0 aliphatic heterocycles. The van der Waals surface area contributed by atoms with Gasteiger partial charge in [-0.2, -0.15) is 0 Å². The molecule has 1 aromatic rings. The van der Waals surface area contributed by atoms with Gasteiger partial charge in [-0.05, 0) is 20.0 Å². The van der Waals surface area contributed by atoms with Crippen LogP contribution in [0.25, 0.3) is 0 Å². The molecule has 0 atom stereocenters. The first-order valence-electron chi connectivity index (χ1n) is 5.65. The molecule has 1 heterocycles. The number of nitrogens with zero attached hydrogens (tertiary/aromatic N) is 1. The van der Waals surface area contributed by atoms with Gasteiger partial charge in [0.2, 0.25) is 5.91 Å². The standard InChI is InChI=1S/C12H18N2O4/c1-8-10(12(16)17)6-9(18-8)7-14(3)5-4-11(15)13-2/h6H,4-5,7H2,1-3H3,(H,13,15)(H,16,17). The zero-order valence-electron chi connectivity index (χ0n) is 10.8. The highest BCUT2D eigenvalue weighted by Crippen LogP contribution is 2.15. The van der Waals surface area contributed by atoms with Crippen LogP contribution in [-0.2, 0) is 11.3 Å². The van der Waals surface area contributed by atoms with Gasteiger partial charge >= 0.3 is 5.97 Å². The lowest BCUT2D eigenvalue weighted by Crippen LogP contribution is -2.26. The normalized spacial score (nSPS) is 10.7. The monoisotopic (exact) mass is 254 g/mol. The molecule has 0 aliphatic rings. The number of hydrogen-bond acceptors (Lipinski definition) is 4. The first-order valence-corrected chi connectivity index (χ1v) is 5.65. The molecular formula is C12H18N2O4. The second-order valence-electron chi connectivity index (χ2n) is 4.15. The third-order valence-corrected chi connectivity index (χ3v) is 2.62. The molecular weight excluding hydrogens is 236 g/mol. The molecule has 1 rings (SSSR count). The molecule has 2 N–H and O–H groups in total. The van der Waals surface area contributed by atoms with E-state index < -0.39 is 5.97 Å². The molecule has 1 amide bonds. The predicted octanol–water partition coefficient (Wildman–Crippen LogP) is 0.854. The van der Waals surface area contributed by atoms with Gasteiger partial charge in [0.15, 0.2) is 0 Å². The number of rotatable bonds is 6. The van der Waals surface area contributed by atoms with Crippen molar-refractivity contribution in [2.75, 3.05) is 20.6 Å². The summed E-state index contributed by atoms with van der Waals surface area (Å²) in [6.45, 7) is 2.68. The minimum atomic E-state index is -0.990. The Bertz CT molecular complexity index is 439. The maximum absolute atomic E-state index is 11.1. The van der Waals surface area contributed by atoms with Crippen molar-refractivity contribution >= 4 is 11.9 Å². The second-order valence-corrected chi connectivity index (χ2v) is 4.15. The maximum Gasteiger partial charge on any atom is 0.339 e. The molecule has 6 heteroatoms. The van der Waals surface area contributed by atoms with Crippen molar-refractivity contribution in [2.45, 2.75) is 19.9 Å². The number of aromatic carboxylic acids is 1. The van der Waals surface area contributed by atoms with Gasteiger partial charge in [-0.15, -0.1) is 0 Å². The molecule has 0 aromatic carbocycles. The number of aryl methyl sites for hydroxylation is 1. The van der Waals surface area contributed by atoms with E-state index in [1.54, 1.807) is 14.0 Å². The topological polar surface area (TPSA) is 82.8 Å².